The number of unbranched alkanes of at least 4 members (excludes halogenated alkanes) is 2. The van der Waals surface area contributed by atoms with Crippen LogP contribution in [0.25, 0.3) is 11.1 Å². The van der Waals surface area contributed by atoms with E-state index in [1.54, 1.807) is 12.1 Å². The highest BCUT2D eigenvalue weighted by Crippen LogP contribution is 2.48. The molecule has 0 atom stereocenters. The fourth-order valence-corrected chi connectivity index (χ4v) is 7.13. The lowest BCUT2D eigenvalue weighted by Crippen LogP contribution is -2.15. The number of hydrogen-bond donors (Lipinski definition) is 0. The van der Waals surface area contributed by atoms with Crippen molar-refractivity contribution in [3.05, 3.63) is 70.3 Å². The Hall–Kier alpha value is -2.10. The molecule has 2 saturated carbocycles. The Kier molecular flexibility index (Phi) is 7.60. The summed E-state index contributed by atoms with van der Waals surface area (Å²) in [5.41, 5.74) is 1.85. The Labute approximate surface area is 213 Å². The van der Waals surface area contributed by atoms with Crippen LogP contribution < -0.4 is 0 Å². The molecule has 0 aliphatic heterocycles. The molecule has 2 aromatic carbocycles. The van der Waals surface area contributed by atoms with Crippen LogP contribution in [0.2, 0.25) is 0 Å². The molecular weight excluding hydrogens is 460 g/mol. The van der Waals surface area contributed by atoms with E-state index in [0.29, 0.717) is 40.5 Å². The maximum Gasteiger partial charge on any atom is 0.167 e. The van der Waals surface area contributed by atoms with Gasteiger partial charge in [-0.25, -0.2) is 17.6 Å². The summed E-state index contributed by atoms with van der Waals surface area (Å²) < 4.78 is 61.5. The third-order valence-electron chi connectivity index (χ3n) is 9.31. The van der Waals surface area contributed by atoms with E-state index in [1.165, 1.54) is 25.7 Å². The fourth-order valence-electron chi connectivity index (χ4n) is 7.13. The van der Waals surface area contributed by atoms with Gasteiger partial charge in [0, 0.05) is 11.1 Å². The highest BCUT2D eigenvalue weighted by Gasteiger charge is 2.35. The molecule has 0 amide bonds. The first-order chi connectivity index (χ1) is 17.4. The molecule has 0 nitrogen and oxygen atoms in total. The van der Waals surface area contributed by atoms with Crippen molar-refractivity contribution in [2.75, 3.05) is 0 Å². The summed E-state index contributed by atoms with van der Waals surface area (Å²) in [5.74, 6) is -2.75. The van der Waals surface area contributed by atoms with Crippen LogP contribution >= 0.6 is 0 Å². The normalized spacial score (nSPS) is 25.5. The highest BCUT2D eigenvalue weighted by atomic mass is 19.2. The van der Waals surface area contributed by atoms with Crippen molar-refractivity contribution in [1.82, 2.24) is 0 Å². The van der Waals surface area contributed by atoms with Gasteiger partial charge in [0.1, 0.15) is 0 Å². The molecule has 36 heavy (non-hydrogen) atoms. The van der Waals surface area contributed by atoms with E-state index in [-0.39, 0.29) is 23.0 Å². The Balaban J connectivity index is 1.39. The van der Waals surface area contributed by atoms with Crippen molar-refractivity contribution < 1.29 is 17.6 Å². The van der Waals surface area contributed by atoms with E-state index in [4.69, 9.17) is 0 Å². The van der Waals surface area contributed by atoms with Crippen molar-refractivity contribution in [3.8, 4) is 11.1 Å². The standard InChI is InChI=1S/C32H38F4/c1-3-5-6-7-20-10-14-22(15-11-20)26-18-24-16-23-17-25(21-12-8-19(4-2)9-13-21)29(33)31(35)27(23)28(24)32(36)30(26)34/h4,17-22H,2-3,5-16H2,1H3. The number of fused-ring (bicyclic) bond motifs is 3. The van der Waals surface area contributed by atoms with Crippen LogP contribution in [0.4, 0.5) is 17.6 Å². The molecule has 3 aliphatic carbocycles. The first-order valence-corrected chi connectivity index (χ1v) is 14.1. The smallest absolute Gasteiger partial charge is 0.167 e. The van der Waals surface area contributed by atoms with Crippen molar-refractivity contribution in [2.24, 2.45) is 11.8 Å². The van der Waals surface area contributed by atoms with Gasteiger partial charge < -0.3 is 0 Å². The summed E-state index contributed by atoms with van der Waals surface area (Å²) in [6.07, 6.45) is 14.4. The second-order valence-corrected chi connectivity index (χ2v) is 11.5. The average Bonchev–Trinajstić information content (AvgIpc) is 3.28. The van der Waals surface area contributed by atoms with Crippen LogP contribution in [-0.4, -0.2) is 0 Å². The average molecular weight is 499 g/mol. The summed E-state index contributed by atoms with van der Waals surface area (Å²) in [6, 6.07) is 3.48. The molecular formula is C32H38F4. The summed E-state index contributed by atoms with van der Waals surface area (Å²) >= 11 is 0. The maximum absolute atomic E-state index is 15.5. The third kappa shape index (κ3) is 4.65. The van der Waals surface area contributed by atoms with Crippen LogP contribution in [0, 0.1) is 35.1 Å². The van der Waals surface area contributed by atoms with Gasteiger partial charge >= 0.3 is 0 Å². The zero-order valence-electron chi connectivity index (χ0n) is 21.5. The van der Waals surface area contributed by atoms with Gasteiger partial charge in [-0.05, 0) is 104 Å². The highest BCUT2D eigenvalue weighted by molar-refractivity contribution is 5.79. The Morgan fingerprint density at radius 3 is 1.69 bits per heavy atom. The lowest BCUT2D eigenvalue weighted by molar-refractivity contribution is 0.298. The monoisotopic (exact) mass is 498 g/mol. The molecule has 2 fully saturated rings. The quantitative estimate of drug-likeness (QED) is 0.173. The molecule has 0 bridgehead atoms. The van der Waals surface area contributed by atoms with E-state index < -0.39 is 23.3 Å². The van der Waals surface area contributed by atoms with Gasteiger partial charge in [-0.1, -0.05) is 50.8 Å². The van der Waals surface area contributed by atoms with E-state index in [9.17, 15) is 0 Å². The van der Waals surface area contributed by atoms with Gasteiger partial charge in [0.15, 0.2) is 23.3 Å². The van der Waals surface area contributed by atoms with Crippen molar-refractivity contribution >= 4 is 0 Å². The number of halogens is 4. The van der Waals surface area contributed by atoms with Gasteiger partial charge in [-0.3, -0.25) is 0 Å². The molecule has 0 radical (unpaired) electrons. The van der Waals surface area contributed by atoms with Gasteiger partial charge in [0.25, 0.3) is 0 Å². The van der Waals surface area contributed by atoms with Crippen molar-refractivity contribution in [1.29, 1.82) is 0 Å². The van der Waals surface area contributed by atoms with Crippen LogP contribution in [0.1, 0.15) is 118 Å². The zero-order valence-corrected chi connectivity index (χ0v) is 21.5. The van der Waals surface area contributed by atoms with E-state index >= 15 is 17.6 Å². The molecule has 2 aromatic rings. The van der Waals surface area contributed by atoms with Crippen LogP contribution in [0.5, 0.6) is 0 Å². The molecule has 194 valence electrons. The predicted octanol–water partition coefficient (Wildman–Crippen LogP) is 10.1. The van der Waals surface area contributed by atoms with Crippen LogP contribution in [0.3, 0.4) is 0 Å². The molecule has 0 saturated heterocycles. The molecule has 5 rings (SSSR count). The van der Waals surface area contributed by atoms with E-state index in [0.717, 1.165) is 51.4 Å². The Morgan fingerprint density at radius 1 is 0.722 bits per heavy atom. The lowest BCUT2D eigenvalue weighted by Gasteiger charge is -2.29. The minimum Gasteiger partial charge on any atom is -0.203 e. The Morgan fingerprint density at radius 2 is 1.22 bits per heavy atom. The largest absolute Gasteiger partial charge is 0.203 e. The lowest BCUT2D eigenvalue weighted by atomic mass is 9.76. The molecule has 4 heteroatoms. The molecule has 3 aliphatic rings. The van der Waals surface area contributed by atoms with Crippen LogP contribution in [0.15, 0.2) is 24.8 Å². The number of benzene rings is 2. The fraction of sp³-hybridized carbons (Fsp3) is 0.562. The molecule has 0 N–H and O–H groups in total. The van der Waals surface area contributed by atoms with Gasteiger partial charge in [0.2, 0.25) is 0 Å². The summed E-state index contributed by atoms with van der Waals surface area (Å²) in [6.45, 7) is 6.06. The maximum atomic E-state index is 15.5. The number of hydrogen-bond acceptors (Lipinski definition) is 0. The van der Waals surface area contributed by atoms with Crippen molar-refractivity contribution in [2.45, 2.75) is 102 Å². The first-order valence-electron chi connectivity index (χ1n) is 14.1. The van der Waals surface area contributed by atoms with Gasteiger partial charge in [-0.2, -0.15) is 0 Å². The van der Waals surface area contributed by atoms with Crippen molar-refractivity contribution in [3.63, 3.8) is 0 Å². The summed E-state index contributed by atoms with van der Waals surface area (Å²) in [7, 11) is 0. The van der Waals surface area contributed by atoms with Gasteiger partial charge in [0.05, 0.1) is 0 Å². The first kappa shape index (κ1) is 25.5. The molecule has 0 spiro atoms. The SMILES string of the molecule is C=CC1CCC(c2cc3c(c(F)c2F)-c2c(cc(C4CCC(CCCCC)CC4)c(F)c2F)C3)CC1. The summed E-state index contributed by atoms with van der Waals surface area (Å²) in [5, 5.41) is 0. The zero-order chi connectivity index (χ0) is 25.4. The van der Waals surface area contributed by atoms with E-state index in [1.807, 2.05) is 6.08 Å². The minimum absolute atomic E-state index is 0.00636. The number of allylic oxidation sites excluding steroid dienone is 1. The molecule has 0 heterocycles. The second-order valence-electron chi connectivity index (χ2n) is 11.5. The molecule has 0 unspecified atom stereocenters. The van der Waals surface area contributed by atoms with Gasteiger partial charge in [-0.15, -0.1) is 6.58 Å². The topological polar surface area (TPSA) is 0 Å². The third-order valence-corrected chi connectivity index (χ3v) is 9.31. The predicted molar refractivity (Wildman–Crippen MR) is 138 cm³/mol. The minimum atomic E-state index is -1.02. The second kappa shape index (κ2) is 10.7. The number of rotatable bonds is 7. The summed E-state index contributed by atoms with van der Waals surface area (Å²) in [4.78, 5) is 0. The van der Waals surface area contributed by atoms with Crippen LogP contribution in [-0.2, 0) is 6.42 Å². The Bertz CT molecular complexity index is 1120. The molecule has 0 aromatic heterocycles. The van der Waals surface area contributed by atoms with E-state index in [2.05, 4.69) is 13.5 Å².